The molecular formula is C15H23ClN2O. The highest BCUT2D eigenvalue weighted by Gasteiger charge is 2.25. The minimum Gasteiger partial charge on any atom is -0.342 e. The van der Waals surface area contributed by atoms with Crippen molar-refractivity contribution in [1.82, 2.24) is 10.2 Å². The molecule has 1 heterocycles. The van der Waals surface area contributed by atoms with Crippen LogP contribution in [0, 0.1) is 0 Å². The van der Waals surface area contributed by atoms with Gasteiger partial charge in [0.25, 0.3) is 0 Å². The van der Waals surface area contributed by atoms with Gasteiger partial charge >= 0.3 is 0 Å². The van der Waals surface area contributed by atoms with Gasteiger partial charge in [-0.1, -0.05) is 30.3 Å². The summed E-state index contributed by atoms with van der Waals surface area (Å²) >= 11 is 0. The van der Waals surface area contributed by atoms with Crippen LogP contribution in [0.1, 0.15) is 31.2 Å². The summed E-state index contributed by atoms with van der Waals surface area (Å²) in [5.41, 5.74) is 1.11. The summed E-state index contributed by atoms with van der Waals surface area (Å²) < 4.78 is 0. The fourth-order valence-corrected chi connectivity index (χ4v) is 2.55. The van der Waals surface area contributed by atoms with E-state index in [-0.39, 0.29) is 24.2 Å². The molecule has 106 valence electrons. The average Bonchev–Trinajstić information content (AvgIpc) is 2.47. The topological polar surface area (TPSA) is 32.3 Å². The highest BCUT2D eigenvalue weighted by molar-refractivity contribution is 5.85. The number of halogens is 1. The van der Waals surface area contributed by atoms with Crippen molar-refractivity contribution in [1.29, 1.82) is 0 Å². The molecule has 1 N–H and O–H groups in total. The molecule has 1 saturated heterocycles. The zero-order valence-electron chi connectivity index (χ0n) is 11.6. The van der Waals surface area contributed by atoms with Crippen LogP contribution in [-0.2, 0) is 4.79 Å². The van der Waals surface area contributed by atoms with E-state index in [0.29, 0.717) is 6.04 Å². The highest BCUT2D eigenvalue weighted by atomic mass is 35.5. The first-order chi connectivity index (χ1) is 8.72. The quantitative estimate of drug-likeness (QED) is 0.923. The Labute approximate surface area is 121 Å². The van der Waals surface area contributed by atoms with Crippen molar-refractivity contribution >= 4 is 18.3 Å². The Morgan fingerprint density at radius 2 is 1.84 bits per heavy atom. The minimum absolute atomic E-state index is 0. The normalized spacial score (nSPS) is 17.7. The number of benzene rings is 1. The lowest BCUT2D eigenvalue weighted by molar-refractivity contribution is -0.133. The Morgan fingerprint density at radius 1 is 1.26 bits per heavy atom. The van der Waals surface area contributed by atoms with E-state index in [1.165, 1.54) is 0 Å². The maximum Gasteiger partial charge on any atom is 0.229 e. The van der Waals surface area contributed by atoms with Crippen LogP contribution < -0.4 is 5.32 Å². The summed E-state index contributed by atoms with van der Waals surface area (Å²) in [7, 11) is 1.99. The molecule has 0 aliphatic carbocycles. The molecule has 1 aliphatic heterocycles. The van der Waals surface area contributed by atoms with Crippen LogP contribution >= 0.6 is 12.4 Å². The number of hydrogen-bond acceptors (Lipinski definition) is 2. The standard InChI is InChI=1S/C15H22N2O.ClH/c1-12(13-6-4-3-5-7-13)15(18)17-10-8-14(16-2)9-11-17;/h3-7,12,14,16H,8-11H2,1-2H3;1H. The fourth-order valence-electron chi connectivity index (χ4n) is 2.55. The van der Waals surface area contributed by atoms with Crippen LogP contribution in [0.25, 0.3) is 0 Å². The molecule has 1 aliphatic rings. The Bertz CT molecular complexity index is 388. The monoisotopic (exact) mass is 282 g/mol. The fraction of sp³-hybridized carbons (Fsp3) is 0.533. The molecule has 2 rings (SSSR count). The molecule has 0 spiro atoms. The molecule has 0 bridgehead atoms. The summed E-state index contributed by atoms with van der Waals surface area (Å²) in [6.07, 6.45) is 2.12. The van der Waals surface area contributed by atoms with Crippen LogP contribution in [0.3, 0.4) is 0 Å². The Morgan fingerprint density at radius 3 is 2.37 bits per heavy atom. The lowest BCUT2D eigenvalue weighted by Gasteiger charge is -2.33. The summed E-state index contributed by atoms with van der Waals surface area (Å²) in [6, 6.07) is 10.6. The highest BCUT2D eigenvalue weighted by Crippen LogP contribution is 2.20. The van der Waals surface area contributed by atoms with Gasteiger partial charge in [0.1, 0.15) is 0 Å². The van der Waals surface area contributed by atoms with Gasteiger partial charge in [-0.15, -0.1) is 12.4 Å². The van der Waals surface area contributed by atoms with E-state index >= 15 is 0 Å². The van der Waals surface area contributed by atoms with Gasteiger partial charge in [-0.25, -0.2) is 0 Å². The Kier molecular flexibility index (Phi) is 6.32. The molecule has 0 aromatic heterocycles. The number of hydrogen-bond donors (Lipinski definition) is 1. The molecule has 0 radical (unpaired) electrons. The smallest absolute Gasteiger partial charge is 0.229 e. The molecule has 1 fully saturated rings. The van der Waals surface area contributed by atoms with Crippen molar-refractivity contribution < 1.29 is 4.79 Å². The third-order valence-electron chi connectivity index (χ3n) is 3.88. The SMILES string of the molecule is CNC1CCN(C(=O)C(C)c2ccccc2)CC1.Cl. The number of piperidine rings is 1. The van der Waals surface area contributed by atoms with E-state index in [4.69, 9.17) is 0 Å². The number of nitrogens with one attached hydrogen (secondary N) is 1. The molecule has 4 heteroatoms. The third-order valence-corrected chi connectivity index (χ3v) is 3.88. The molecule has 3 nitrogen and oxygen atoms in total. The van der Waals surface area contributed by atoms with Crippen LogP contribution in [0.2, 0.25) is 0 Å². The second-order valence-electron chi connectivity index (χ2n) is 5.02. The van der Waals surface area contributed by atoms with Crippen molar-refractivity contribution in [2.24, 2.45) is 0 Å². The van der Waals surface area contributed by atoms with Gasteiger partial charge in [-0.05, 0) is 32.4 Å². The average molecular weight is 283 g/mol. The van der Waals surface area contributed by atoms with Crippen molar-refractivity contribution in [3.05, 3.63) is 35.9 Å². The Hall–Kier alpha value is -1.06. The molecule has 1 aromatic carbocycles. The molecule has 1 unspecified atom stereocenters. The number of nitrogens with zero attached hydrogens (tertiary/aromatic N) is 1. The van der Waals surface area contributed by atoms with Crippen LogP contribution in [0.4, 0.5) is 0 Å². The zero-order chi connectivity index (χ0) is 13.0. The van der Waals surface area contributed by atoms with Crippen molar-refractivity contribution in [2.75, 3.05) is 20.1 Å². The summed E-state index contributed by atoms with van der Waals surface area (Å²) in [6.45, 7) is 3.75. The second-order valence-corrected chi connectivity index (χ2v) is 5.02. The largest absolute Gasteiger partial charge is 0.342 e. The van der Waals surface area contributed by atoms with Crippen molar-refractivity contribution in [2.45, 2.75) is 31.7 Å². The summed E-state index contributed by atoms with van der Waals surface area (Å²) in [5.74, 6) is 0.230. The van der Waals surface area contributed by atoms with Crippen molar-refractivity contribution in [3.8, 4) is 0 Å². The van der Waals surface area contributed by atoms with Crippen LogP contribution in [-0.4, -0.2) is 37.0 Å². The van der Waals surface area contributed by atoms with E-state index in [1.54, 1.807) is 0 Å². The summed E-state index contributed by atoms with van der Waals surface area (Å²) in [4.78, 5) is 14.4. The number of likely N-dealkylation sites (tertiary alicyclic amines) is 1. The third kappa shape index (κ3) is 3.95. The number of amides is 1. The van der Waals surface area contributed by atoms with Gasteiger partial charge in [-0.2, -0.15) is 0 Å². The van der Waals surface area contributed by atoms with Crippen LogP contribution in [0.15, 0.2) is 30.3 Å². The van der Waals surface area contributed by atoms with Gasteiger partial charge in [0.2, 0.25) is 5.91 Å². The molecule has 0 saturated carbocycles. The first-order valence-corrected chi connectivity index (χ1v) is 6.73. The zero-order valence-corrected chi connectivity index (χ0v) is 12.5. The van der Waals surface area contributed by atoms with E-state index in [9.17, 15) is 4.79 Å². The number of rotatable bonds is 3. The van der Waals surface area contributed by atoms with Crippen molar-refractivity contribution in [3.63, 3.8) is 0 Å². The molecule has 1 amide bonds. The Balaban J connectivity index is 0.00000180. The minimum atomic E-state index is -0.0302. The molecule has 1 aromatic rings. The van der Waals surface area contributed by atoms with Gasteiger partial charge in [-0.3, -0.25) is 4.79 Å². The van der Waals surface area contributed by atoms with E-state index < -0.39 is 0 Å². The second kappa shape index (κ2) is 7.51. The maximum absolute atomic E-state index is 12.4. The van der Waals surface area contributed by atoms with E-state index in [1.807, 2.05) is 49.2 Å². The molecule has 1 atom stereocenters. The van der Waals surface area contributed by atoms with Gasteiger partial charge in [0.05, 0.1) is 5.92 Å². The first-order valence-electron chi connectivity index (χ1n) is 6.73. The lowest BCUT2D eigenvalue weighted by atomic mass is 9.97. The van der Waals surface area contributed by atoms with E-state index in [2.05, 4.69) is 5.32 Å². The maximum atomic E-state index is 12.4. The summed E-state index contributed by atoms with van der Waals surface area (Å²) in [5, 5.41) is 3.29. The lowest BCUT2D eigenvalue weighted by Crippen LogP contribution is -2.45. The molecular weight excluding hydrogens is 260 g/mol. The van der Waals surface area contributed by atoms with E-state index in [0.717, 1.165) is 31.5 Å². The van der Waals surface area contributed by atoms with Gasteiger partial charge in [0.15, 0.2) is 0 Å². The van der Waals surface area contributed by atoms with Gasteiger partial charge < -0.3 is 10.2 Å². The number of carbonyl (C=O) groups is 1. The molecule has 19 heavy (non-hydrogen) atoms. The van der Waals surface area contributed by atoms with Crippen LogP contribution in [0.5, 0.6) is 0 Å². The first kappa shape index (κ1) is 16.0. The van der Waals surface area contributed by atoms with Gasteiger partial charge in [0, 0.05) is 19.1 Å². The number of carbonyl (C=O) groups excluding carboxylic acids is 1. The predicted molar refractivity (Wildman–Crippen MR) is 80.8 cm³/mol. The predicted octanol–water partition coefficient (Wildman–Crippen LogP) is 2.42.